The van der Waals surface area contributed by atoms with Gasteiger partial charge in [0.1, 0.15) is 17.2 Å². The molecule has 1 aromatic carbocycles. The molecule has 2 aromatic rings. The van der Waals surface area contributed by atoms with E-state index in [4.69, 9.17) is 5.73 Å². The molecule has 0 aliphatic carbocycles. The van der Waals surface area contributed by atoms with E-state index in [0.29, 0.717) is 13.0 Å². The molecule has 0 aliphatic rings. The van der Waals surface area contributed by atoms with Gasteiger partial charge in [-0.3, -0.25) is 0 Å². The van der Waals surface area contributed by atoms with Crippen LogP contribution in [0.3, 0.4) is 0 Å². The maximum Gasteiger partial charge on any atom is 0.149 e. The molecule has 0 amide bonds. The van der Waals surface area contributed by atoms with Crippen LogP contribution >= 0.6 is 0 Å². The van der Waals surface area contributed by atoms with Crippen molar-refractivity contribution in [3.63, 3.8) is 0 Å². The summed E-state index contributed by atoms with van der Waals surface area (Å²) in [6.07, 6.45) is 1.47. The zero-order chi connectivity index (χ0) is 11.5. The predicted molar refractivity (Wildman–Crippen MR) is 59.0 cm³/mol. The zero-order valence-corrected chi connectivity index (χ0v) is 8.71. The molecule has 4 heteroatoms. The fourth-order valence-corrected chi connectivity index (χ4v) is 1.61. The number of aryl methyl sites for hydroxylation is 1. The average Bonchev–Trinajstić information content (AvgIpc) is 2.31. The maximum atomic E-state index is 13.4. The summed E-state index contributed by atoms with van der Waals surface area (Å²) in [6.45, 7) is 0.561. The van der Waals surface area contributed by atoms with Crippen LogP contribution in [0.15, 0.2) is 24.3 Å². The first-order valence-electron chi connectivity index (χ1n) is 5.16. The van der Waals surface area contributed by atoms with Crippen molar-refractivity contribution < 1.29 is 8.78 Å². The Morgan fingerprint density at radius 2 is 1.81 bits per heavy atom. The number of benzene rings is 1. The smallest absolute Gasteiger partial charge is 0.149 e. The van der Waals surface area contributed by atoms with Crippen LogP contribution in [0.2, 0.25) is 0 Å². The Labute approximate surface area is 92.1 Å². The van der Waals surface area contributed by atoms with Gasteiger partial charge >= 0.3 is 0 Å². The molecule has 2 rings (SSSR count). The van der Waals surface area contributed by atoms with Gasteiger partial charge in [0, 0.05) is 11.1 Å². The SMILES string of the molecule is NCCCc1ccc2c(F)ccc(F)c2n1. The second kappa shape index (κ2) is 4.53. The number of hydrogen-bond donors (Lipinski definition) is 1. The monoisotopic (exact) mass is 222 g/mol. The maximum absolute atomic E-state index is 13.4. The van der Waals surface area contributed by atoms with Crippen LogP contribution in [0, 0.1) is 11.6 Å². The molecule has 1 heterocycles. The highest BCUT2D eigenvalue weighted by Crippen LogP contribution is 2.19. The van der Waals surface area contributed by atoms with Crippen LogP contribution in [0.25, 0.3) is 10.9 Å². The standard InChI is InChI=1S/C12H12F2N2/c13-10-5-6-11(14)12-9(10)4-3-8(16-12)2-1-7-15/h3-6H,1-2,7,15H2. The second-order valence-corrected chi connectivity index (χ2v) is 3.62. The van der Waals surface area contributed by atoms with Crippen molar-refractivity contribution in [2.75, 3.05) is 6.54 Å². The van der Waals surface area contributed by atoms with Crippen LogP contribution in [0.4, 0.5) is 8.78 Å². The first-order valence-corrected chi connectivity index (χ1v) is 5.16. The molecule has 2 N–H and O–H groups in total. The third kappa shape index (κ3) is 2.02. The van der Waals surface area contributed by atoms with E-state index >= 15 is 0 Å². The Morgan fingerprint density at radius 1 is 1.06 bits per heavy atom. The van der Waals surface area contributed by atoms with Gasteiger partial charge < -0.3 is 5.73 Å². The number of pyridine rings is 1. The molecule has 0 saturated carbocycles. The summed E-state index contributed by atoms with van der Waals surface area (Å²) in [5.41, 5.74) is 6.21. The summed E-state index contributed by atoms with van der Waals surface area (Å²) >= 11 is 0. The van der Waals surface area contributed by atoms with Gasteiger partial charge in [-0.25, -0.2) is 13.8 Å². The van der Waals surface area contributed by atoms with E-state index in [2.05, 4.69) is 4.98 Å². The lowest BCUT2D eigenvalue weighted by atomic mass is 10.1. The molecule has 1 aromatic heterocycles. The van der Waals surface area contributed by atoms with Crippen LogP contribution in [0.1, 0.15) is 12.1 Å². The van der Waals surface area contributed by atoms with Crippen molar-refractivity contribution in [1.29, 1.82) is 0 Å². The van der Waals surface area contributed by atoms with Crippen LogP contribution in [0.5, 0.6) is 0 Å². The Morgan fingerprint density at radius 3 is 2.56 bits per heavy atom. The van der Waals surface area contributed by atoms with E-state index in [1.54, 1.807) is 12.1 Å². The lowest BCUT2D eigenvalue weighted by Crippen LogP contribution is -2.02. The minimum absolute atomic E-state index is 0.0921. The summed E-state index contributed by atoms with van der Waals surface area (Å²) in [4.78, 5) is 4.10. The molecule has 0 bridgehead atoms. The fourth-order valence-electron chi connectivity index (χ4n) is 1.61. The van der Waals surface area contributed by atoms with Gasteiger partial charge in [0.05, 0.1) is 0 Å². The van der Waals surface area contributed by atoms with E-state index in [1.807, 2.05) is 0 Å². The number of hydrogen-bond acceptors (Lipinski definition) is 2. The normalized spacial score (nSPS) is 10.9. The topological polar surface area (TPSA) is 38.9 Å². The molecule has 0 fully saturated rings. The van der Waals surface area contributed by atoms with E-state index in [0.717, 1.165) is 24.2 Å². The fraction of sp³-hybridized carbons (Fsp3) is 0.250. The minimum atomic E-state index is -0.494. The van der Waals surface area contributed by atoms with Gasteiger partial charge in [-0.2, -0.15) is 0 Å². The highest BCUT2D eigenvalue weighted by atomic mass is 19.1. The van der Waals surface area contributed by atoms with Crippen molar-refractivity contribution in [3.8, 4) is 0 Å². The van der Waals surface area contributed by atoms with Gasteiger partial charge in [-0.15, -0.1) is 0 Å². The third-order valence-corrected chi connectivity index (χ3v) is 2.45. The largest absolute Gasteiger partial charge is 0.330 e. The number of nitrogens with two attached hydrogens (primary N) is 1. The lowest BCUT2D eigenvalue weighted by Gasteiger charge is -2.03. The number of aromatic nitrogens is 1. The molecular weight excluding hydrogens is 210 g/mol. The quantitative estimate of drug-likeness (QED) is 0.866. The van der Waals surface area contributed by atoms with Crippen LogP contribution < -0.4 is 5.73 Å². The molecule has 0 saturated heterocycles. The third-order valence-electron chi connectivity index (χ3n) is 2.45. The molecule has 2 nitrogen and oxygen atoms in total. The van der Waals surface area contributed by atoms with Gasteiger partial charge in [-0.05, 0) is 43.7 Å². The lowest BCUT2D eigenvalue weighted by molar-refractivity contribution is 0.614. The molecule has 16 heavy (non-hydrogen) atoms. The van der Waals surface area contributed by atoms with E-state index < -0.39 is 11.6 Å². The first-order chi connectivity index (χ1) is 7.72. The molecule has 0 atom stereocenters. The second-order valence-electron chi connectivity index (χ2n) is 3.62. The molecule has 0 radical (unpaired) electrons. The Bertz CT molecular complexity index is 512. The van der Waals surface area contributed by atoms with Gasteiger partial charge in [0.15, 0.2) is 0 Å². The molecule has 84 valence electrons. The predicted octanol–water partition coefficient (Wildman–Crippen LogP) is 2.40. The van der Waals surface area contributed by atoms with E-state index in [-0.39, 0.29) is 10.9 Å². The summed E-state index contributed by atoms with van der Waals surface area (Å²) in [5.74, 6) is -0.944. The molecule has 0 spiro atoms. The summed E-state index contributed by atoms with van der Waals surface area (Å²) in [6, 6.07) is 5.48. The van der Waals surface area contributed by atoms with E-state index in [9.17, 15) is 8.78 Å². The summed E-state index contributed by atoms with van der Waals surface area (Å²) in [7, 11) is 0. The first kappa shape index (κ1) is 11.0. The highest BCUT2D eigenvalue weighted by Gasteiger charge is 2.07. The van der Waals surface area contributed by atoms with Crippen LogP contribution in [-0.2, 0) is 6.42 Å². The molecular formula is C12H12F2N2. The van der Waals surface area contributed by atoms with Gasteiger partial charge in [0.25, 0.3) is 0 Å². The number of fused-ring (bicyclic) bond motifs is 1. The molecule has 0 aliphatic heterocycles. The van der Waals surface area contributed by atoms with Crippen LogP contribution in [-0.4, -0.2) is 11.5 Å². The summed E-state index contributed by atoms with van der Waals surface area (Å²) < 4.78 is 26.7. The zero-order valence-electron chi connectivity index (χ0n) is 8.71. The summed E-state index contributed by atoms with van der Waals surface area (Å²) in [5, 5.41) is 0.219. The number of rotatable bonds is 3. The Hall–Kier alpha value is -1.55. The minimum Gasteiger partial charge on any atom is -0.330 e. The Kier molecular flexibility index (Phi) is 3.10. The molecule has 0 unspecified atom stereocenters. The average molecular weight is 222 g/mol. The van der Waals surface area contributed by atoms with Gasteiger partial charge in [-0.1, -0.05) is 0 Å². The highest BCUT2D eigenvalue weighted by molar-refractivity contribution is 5.79. The van der Waals surface area contributed by atoms with Crippen molar-refractivity contribution in [3.05, 3.63) is 41.6 Å². The van der Waals surface area contributed by atoms with Crippen molar-refractivity contribution in [2.45, 2.75) is 12.8 Å². The Balaban J connectivity index is 2.48. The van der Waals surface area contributed by atoms with Gasteiger partial charge in [0.2, 0.25) is 0 Å². The van der Waals surface area contributed by atoms with Crippen molar-refractivity contribution in [2.24, 2.45) is 5.73 Å². The number of nitrogens with zero attached hydrogens (tertiary/aromatic N) is 1. The van der Waals surface area contributed by atoms with Crippen molar-refractivity contribution in [1.82, 2.24) is 4.98 Å². The van der Waals surface area contributed by atoms with Crippen molar-refractivity contribution >= 4 is 10.9 Å². The number of halogens is 2. The van der Waals surface area contributed by atoms with E-state index in [1.165, 1.54) is 0 Å².